The van der Waals surface area contributed by atoms with Gasteiger partial charge in [-0.25, -0.2) is 4.39 Å². The van der Waals surface area contributed by atoms with E-state index in [1.54, 1.807) is 48.6 Å². The fourth-order valence-corrected chi connectivity index (χ4v) is 3.74. The fourth-order valence-electron chi connectivity index (χ4n) is 2.83. The number of rotatable bonds is 5. The zero-order valence-corrected chi connectivity index (χ0v) is 17.4. The zero-order valence-electron chi connectivity index (χ0n) is 16.5. The van der Waals surface area contributed by atoms with E-state index in [4.69, 9.17) is 9.47 Å². The van der Waals surface area contributed by atoms with Gasteiger partial charge in [0.15, 0.2) is 17.3 Å². The first-order chi connectivity index (χ1) is 14.9. The standard InChI is InChI=1S/C22H16FN3O4S/c1-13(27)30-17-9-5-15(11-18(17)29-2)12-19-21(28)26-22(31-19)24-20(25-26)10-6-14-3-7-16(23)8-4-14/h3-12H,1-2H3. The number of benzene rings is 2. The molecule has 0 bridgehead atoms. The lowest BCUT2D eigenvalue weighted by Crippen LogP contribution is -2.23. The molecule has 156 valence electrons. The van der Waals surface area contributed by atoms with Gasteiger partial charge in [-0.05, 0) is 47.5 Å². The molecule has 0 fully saturated rings. The highest BCUT2D eigenvalue weighted by Crippen LogP contribution is 2.28. The lowest BCUT2D eigenvalue weighted by molar-refractivity contribution is -0.132. The fraction of sp³-hybridized carbons (Fsp3) is 0.0909. The van der Waals surface area contributed by atoms with Crippen LogP contribution in [0.5, 0.6) is 11.5 Å². The third-order valence-electron chi connectivity index (χ3n) is 4.23. The second kappa shape index (κ2) is 8.49. The Morgan fingerprint density at radius 3 is 2.52 bits per heavy atom. The van der Waals surface area contributed by atoms with E-state index >= 15 is 0 Å². The highest BCUT2D eigenvalue weighted by atomic mass is 32.1. The van der Waals surface area contributed by atoms with E-state index in [9.17, 15) is 14.0 Å². The number of aromatic nitrogens is 3. The minimum Gasteiger partial charge on any atom is -0.493 e. The van der Waals surface area contributed by atoms with Crippen LogP contribution >= 0.6 is 11.3 Å². The summed E-state index contributed by atoms with van der Waals surface area (Å²) in [7, 11) is 1.47. The molecule has 0 aliphatic heterocycles. The Kier molecular flexibility index (Phi) is 5.59. The summed E-state index contributed by atoms with van der Waals surface area (Å²) in [4.78, 5) is 28.7. The van der Waals surface area contributed by atoms with Crippen molar-refractivity contribution in [1.82, 2.24) is 14.6 Å². The van der Waals surface area contributed by atoms with Crippen LogP contribution in [0, 0.1) is 5.82 Å². The highest BCUT2D eigenvalue weighted by molar-refractivity contribution is 7.15. The number of carbonyl (C=O) groups is 1. The summed E-state index contributed by atoms with van der Waals surface area (Å²) in [5, 5.41) is 4.23. The molecule has 2 aromatic heterocycles. The predicted molar refractivity (Wildman–Crippen MR) is 116 cm³/mol. The molecule has 2 aromatic carbocycles. The molecule has 0 N–H and O–H groups in total. The molecular formula is C22H16FN3O4S. The number of ether oxygens (including phenoxy) is 2. The second-order valence-corrected chi connectivity index (χ2v) is 7.48. The van der Waals surface area contributed by atoms with Crippen LogP contribution in [-0.4, -0.2) is 27.7 Å². The molecule has 0 spiro atoms. The van der Waals surface area contributed by atoms with Crippen molar-refractivity contribution in [1.29, 1.82) is 0 Å². The lowest BCUT2D eigenvalue weighted by Gasteiger charge is -2.08. The van der Waals surface area contributed by atoms with E-state index in [1.165, 1.54) is 42.0 Å². The normalized spacial score (nSPS) is 12.0. The maximum Gasteiger partial charge on any atom is 0.308 e. The molecule has 0 saturated carbocycles. The van der Waals surface area contributed by atoms with Crippen molar-refractivity contribution in [2.24, 2.45) is 0 Å². The average molecular weight is 437 g/mol. The third kappa shape index (κ3) is 4.51. The molecule has 7 nitrogen and oxygen atoms in total. The number of carbonyl (C=O) groups excluding carboxylic acids is 1. The number of esters is 1. The molecule has 4 rings (SSSR count). The van der Waals surface area contributed by atoms with Crippen molar-refractivity contribution in [2.45, 2.75) is 6.92 Å². The summed E-state index contributed by atoms with van der Waals surface area (Å²) in [5.74, 6) is 0.299. The van der Waals surface area contributed by atoms with Gasteiger partial charge in [0.2, 0.25) is 4.96 Å². The number of thiazole rings is 1. The van der Waals surface area contributed by atoms with Gasteiger partial charge in [0, 0.05) is 6.92 Å². The molecule has 31 heavy (non-hydrogen) atoms. The minimum atomic E-state index is -0.452. The SMILES string of the molecule is COc1cc(C=c2sc3nc(C=Cc4ccc(F)cc4)nn3c2=O)ccc1OC(C)=O. The molecule has 0 aliphatic carbocycles. The average Bonchev–Trinajstić information content (AvgIpc) is 3.27. The van der Waals surface area contributed by atoms with Crippen LogP contribution < -0.4 is 19.6 Å². The van der Waals surface area contributed by atoms with E-state index in [-0.39, 0.29) is 11.4 Å². The summed E-state index contributed by atoms with van der Waals surface area (Å²) >= 11 is 1.20. The van der Waals surface area contributed by atoms with Crippen molar-refractivity contribution < 1.29 is 18.7 Å². The first-order valence-corrected chi connectivity index (χ1v) is 9.96. The number of halogens is 1. The minimum absolute atomic E-state index is 0.294. The molecular weight excluding hydrogens is 421 g/mol. The van der Waals surface area contributed by atoms with Crippen LogP contribution in [0.25, 0.3) is 23.2 Å². The summed E-state index contributed by atoms with van der Waals surface area (Å²) in [6, 6.07) is 11.0. The Bertz CT molecular complexity index is 1410. The topological polar surface area (TPSA) is 82.8 Å². The van der Waals surface area contributed by atoms with Gasteiger partial charge in [-0.2, -0.15) is 9.50 Å². The number of fused-ring (bicyclic) bond motifs is 1. The van der Waals surface area contributed by atoms with Crippen molar-refractivity contribution in [2.75, 3.05) is 7.11 Å². The first-order valence-electron chi connectivity index (χ1n) is 9.14. The van der Waals surface area contributed by atoms with E-state index in [1.807, 2.05) is 0 Å². The molecule has 0 amide bonds. The van der Waals surface area contributed by atoms with Crippen LogP contribution in [-0.2, 0) is 4.79 Å². The molecule has 0 atom stereocenters. The Morgan fingerprint density at radius 2 is 1.84 bits per heavy atom. The Labute approximate surface area is 179 Å². The van der Waals surface area contributed by atoms with Gasteiger partial charge in [0.1, 0.15) is 5.82 Å². The van der Waals surface area contributed by atoms with Gasteiger partial charge in [0.25, 0.3) is 5.56 Å². The second-order valence-electron chi connectivity index (χ2n) is 6.47. The number of hydrogen-bond acceptors (Lipinski definition) is 7. The van der Waals surface area contributed by atoms with Crippen molar-refractivity contribution in [3.05, 3.63) is 80.1 Å². The van der Waals surface area contributed by atoms with E-state index in [2.05, 4.69) is 10.1 Å². The lowest BCUT2D eigenvalue weighted by atomic mass is 10.2. The Morgan fingerprint density at radius 1 is 1.10 bits per heavy atom. The smallest absolute Gasteiger partial charge is 0.308 e. The van der Waals surface area contributed by atoms with Gasteiger partial charge >= 0.3 is 5.97 Å². The highest BCUT2D eigenvalue weighted by Gasteiger charge is 2.11. The molecule has 0 saturated heterocycles. The number of nitrogens with zero attached hydrogens (tertiary/aromatic N) is 3. The van der Waals surface area contributed by atoms with Crippen LogP contribution in [0.2, 0.25) is 0 Å². The Hall–Kier alpha value is -3.85. The van der Waals surface area contributed by atoms with Crippen LogP contribution in [0.1, 0.15) is 23.9 Å². The quantitative estimate of drug-likeness (QED) is 0.353. The molecule has 4 aromatic rings. The van der Waals surface area contributed by atoms with E-state index < -0.39 is 5.97 Å². The van der Waals surface area contributed by atoms with Crippen LogP contribution in [0.4, 0.5) is 4.39 Å². The predicted octanol–water partition coefficient (Wildman–Crippen LogP) is 2.94. The monoisotopic (exact) mass is 437 g/mol. The number of hydrogen-bond donors (Lipinski definition) is 0. The molecule has 0 radical (unpaired) electrons. The number of methoxy groups -OCH3 is 1. The molecule has 0 aliphatic rings. The maximum absolute atomic E-state index is 13.0. The molecule has 9 heteroatoms. The summed E-state index contributed by atoms with van der Waals surface area (Å²) in [6.45, 7) is 1.31. The van der Waals surface area contributed by atoms with Crippen molar-refractivity contribution in [3.8, 4) is 11.5 Å². The van der Waals surface area contributed by atoms with E-state index in [0.29, 0.717) is 32.4 Å². The van der Waals surface area contributed by atoms with Crippen LogP contribution in [0.3, 0.4) is 0 Å². The van der Waals surface area contributed by atoms with Gasteiger partial charge < -0.3 is 9.47 Å². The summed E-state index contributed by atoms with van der Waals surface area (Å²) < 4.78 is 25.0. The Balaban J connectivity index is 1.63. The molecule has 0 unspecified atom stereocenters. The summed E-state index contributed by atoms with van der Waals surface area (Å²) in [5.41, 5.74) is 1.20. The van der Waals surface area contributed by atoms with Crippen molar-refractivity contribution >= 4 is 40.5 Å². The maximum atomic E-state index is 13.0. The van der Waals surface area contributed by atoms with Gasteiger partial charge in [-0.1, -0.05) is 35.6 Å². The third-order valence-corrected chi connectivity index (χ3v) is 5.19. The van der Waals surface area contributed by atoms with Gasteiger partial charge in [-0.3, -0.25) is 9.59 Å². The van der Waals surface area contributed by atoms with Crippen molar-refractivity contribution in [3.63, 3.8) is 0 Å². The van der Waals surface area contributed by atoms with E-state index in [0.717, 1.165) is 5.56 Å². The summed E-state index contributed by atoms with van der Waals surface area (Å²) in [6.07, 6.45) is 5.10. The van der Waals surface area contributed by atoms with Gasteiger partial charge in [-0.15, -0.1) is 5.10 Å². The zero-order chi connectivity index (χ0) is 22.0. The van der Waals surface area contributed by atoms with Gasteiger partial charge in [0.05, 0.1) is 11.6 Å². The molecule has 2 heterocycles. The largest absolute Gasteiger partial charge is 0.493 e. The van der Waals surface area contributed by atoms with Crippen LogP contribution in [0.15, 0.2) is 47.3 Å². The first kappa shape index (κ1) is 20.4.